The monoisotopic (exact) mass is 315 g/mol. The van der Waals surface area contributed by atoms with Crippen molar-refractivity contribution in [2.45, 2.75) is 25.3 Å². The van der Waals surface area contributed by atoms with Crippen LogP contribution in [-0.2, 0) is 9.53 Å². The van der Waals surface area contributed by atoms with Crippen molar-refractivity contribution in [3.8, 4) is 0 Å². The van der Waals surface area contributed by atoms with Crippen molar-refractivity contribution in [2.24, 2.45) is 0 Å². The van der Waals surface area contributed by atoms with Gasteiger partial charge in [-0.25, -0.2) is 4.79 Å². The van der Waals surface area contributed by atoms with Crippen molar-refractivity contribution in [3.05, 3.63) is 64.7 Å². The highest BCUT2D eigenvalue weighted by molar-refractivity contribution is 6.30. The fourth-order valence-electron chi connectivity index (χ4n) is 2.96. The number of carbonyl (C=O) groups excluding carboxylic acids is 1. The molecular formula is C18H18ClNO2. The molecule has 0 saturated carbocycles. The smallest absolute Gasteiger partial charge is 0.328 e. The molecule has 0 aromatic heterocycles. The largest absolute Gasteiger partial charge is 0.464 e. The number of carbonyl (C=O) groups is 1. The van der Waals surface area contributed by atoms with Gasteiger partial charge in [0, 0.05) is 16.6 Å². The first-order chi connectivity index (χ1) is 10.7. The minimum atomic E-state index is -0.334. The van der Waals surface area contributed by atoms with E-state index in [1.54, 1.807) is 0 Å². The molecule has 0 radical (unpaired) electrons. The van der Waals surface area contributed by atoms with Crippen molar-refractivity contribution in [3.63, 3.8) is 0 Å². The van der Waals surface area contributed by atoms with E-state index in [-0.39, 0.29) is 17.9 Å². The zero-order valence-electron chi connectivity index (χ0n) is 12.4. The Morgan fingerprint density at radius 1 is 1.27 bits per heavy atom. The molecule has 2 aromatic rings. The van der Waals surface area contributed by atoms with Crippen molar-refractivity contribution in [1.82, 2.24) is 0 Å². The molecule has 0 fully saturated rings. The lowest BCUT2D eigenvalue weighted by atomic mass is 9.82. The third-order valence-electron chi connectivity index (χ3n) is 3.96. The number of anilines is 1. The molecule has 0 spiro atoms. The molecule has 22 heavy (non-hydrogen) atoms. The maximum absolute atomic E-state index is 12.1. The van der Waals surface area contributed by atoms with Crippen LogP contribution in [0.4, 0.5) is 5.69 Å². The van der Waals surface area contributed by atoms with Crippen molar-refractivity contribution in [1.29, 1.82) is 0 Å². The fourth-order valence-corrected chi connectivity index (χ4v) is 3.14. The third kappa shape index (κ3) is 2.95. The van der Waals surface area contributed by atoms with Crippen molar-refractivity contribution >= 4 is 23.3 Å². The van der Waals surface area contributed by atoms with Crippen molar-refractivity contribution in [2.75, 3.05) is 11.9 Å². The number of rotatable bonds is 3. The summed E-state index contributed by atoms with van der Waals surface area (Å²) in [5.74, 6) is -0.0745. The molecule has 2 aromatic carbocycles. The number of ether oxygens (including phenoxy) is 1. The van der Waals surface area contributed by atoms with E-state index in [2.05, 4.69) is 17.4 Å². The quantitative estimate of drug-likeness (QED) is 0.862. The summed E-state index contributed by atoms with van der Waals surface area (Å²) in [6.07, 6.45) is 0.663. The molecule has 2 atom stereocenters. The molecule has 0 amide bonds. The first-order valence-electron chi connectivity index (χ1n) is 7.46. The van der Waals surface area contributed by atoms with Gasteiger partial charge in [-0.15, -0.1) is 0 Å². The van der Waals surface area contributed by atoms with E-state index in [1.807, 2.05) is 43.3 Å². The topological polar surface area (TPSA) is 38.3 Å². The molecule has 0 aliphatic carbocycles. The van der Waals surface area contributed by atoms with Gasteiger partial charge in [0.2, 0.25) is 0 Å². The van der Waals surface area contributed by atoms with Gasteiger partial charge in [0.15, 0.2) is 0 Å². The number of hydrogen-bond donors (Lipinski definition) is 1. The SMILES string of the molecule is CCOC(=O)C1CC(c2ccccc2)c2cc(Cl)ccc2N1. The molecular weight excluding hydrogens is 298 g/mol. The van der Waals surface area contributed by atoms with Gasteiger partial charge in [-0.1, -0.05) is 41.9 Å². The number of esters is 1. The Kier molecular flexibility index (Phi) is 4.34. The molecule has 1 heterocycles. The van der Waals surface area contributed by atoms with Crippen LogP contribution in [0.25, 0.3) is 0 Å². The molecule has 114 valence electrons. The molecule has 1 aliphatic heterocycles. The van der Waals surface area contributed by atoms with Gasteiger partial charge in [0.1, 0.15) is 6.04 Å². The van der Waals surface area contributed by atoms with Gasteiger partial charge in [-0.3, -0.25) is 0 Å². The van der Waals surface area contributed by atoms with E-state index >= 15 is 0 Å². The van der Waals surface area contributed by atoms with Gasteiger partial charge in [0.25, 0.3) is 0 Å². The molecule has 2 unspecified atom stereocenters. The molecule has 4 heteroatoms. The first-order valence-corrected chi connectivity index (χ1v) is 7.84. The number of benzene rings is 2. The maximum atomic E-state index is 12.1. The average Bonchev–Trinajstić information content (AvgIpc) is 2.55. The van der Waals surface area contributed by atoms with Gasteiger partial charge in [-0.05, 0) is 42.7 Å². The van der Waals surface area contributed by atoms with E-state index in [0.29, 0.717) is 18.1 Å². The zero-order valence-corrected chi connectivity index (χ0v) is 13.1. The maximum Gasteiger partial charge on any atom is 0.328 e. The molecule has 0 bridgehead atoms. The summed E-state index contributed by atoms with van der Waals surface area (Å²) in [6, 6.07) is 15.6. The lowest BCUT2D eigenvalue weighted by Gasteiger charge is -2.32. The van der Waals surface area contributed by atoms with Crippen LogP contribution in [-0.4, -0.2) is 18.6 Å². The summed E-state index contributed by atoms with van der Waals surface area (Å²) in [5, 5.41) is 3.98. The third-order valence-corrected chi connectivity index (χ3v) is 4.20. The lowest BCUT2D eigenvalue weighted by Crippen LogP contribution is -2.36. The van der Waals surface area contributed by atoms with Crippen molar-refractivity contribution < 1.29 is 9.53 Å². The van der Waals surface area contributed by atoms with Crippen LogP contribution in [0.5, 0.6) is 0 Å². The standard InChI is InChI=1S/C18H18ClNO2/c1-2-22-18(21)17-11-14(12-6-4-3-5-7-12)15-10-13(19)8-9-16(15)20-17/h3-10,14,17,20H,2,11H2,1H3. The summed E-state index contributed by atoms with van der Waals surface area (Å²) >= 11 is 6.16. The number of halogens is 1. The summed E-state index contributed by atoms with van der Waals surface area (Å²) in [5.41, 5.74) is 3.25. The minimum Gasteiger partial charge on any atom is -0.464 e. The van der Waals surface area contributed by atoms with Gasteiger partial charge in [-0.2, -0.15) is 0 Å². The molecule has 3 nitrogen and oxygen atoms in total. The second kappa shape index (κ2) is 6.41. The Morgan fingerprint density at radius 3 is 2.77 bits per heavy atom. The first kappa shape index (κ1) is 14.9. The lowest BCUT2D eigenvalue weighted by molar-refractivity contribution is -0.144. The van der Waals surface area contributed by atoms with E-state index in [9.17, 15) is 4.79 Å². The van der Waals surface area contributed by atoms with Crippen LogP contribution < -0.4 is 5.32 Å². The summed E-state index contributed by atoms with van der Waals surface area (Å²) in [7, 11) is 0. The van der Waals surface area contributed by atoms with Crippen LogP contribution in [0.3, 0.4) is 0 Å². The van der Waals surface area contributed by atoms with Crippen LogP contribution in [0, 0.1) is 0 Å². The highest BCUT2D eigenvalue weighted by Gasteiger charge is 2.32. The van der Waals surface area contributed by atoms with E-state index in [0.717, 1.165) is 11.3 Å². The second-order valence-electron chi connectivity index (χ2n) is 5.38. The molecule has 1 N–H and O–H groups in total. The van der Waals surface area contributed by atoms with Gasteiger partial charge in [0.05, 0.1) is 6.61 Å². The van der Waals surface area contributed by atoms with Crippen LogP contribution >= 0.6 is 11.6 Å². The Morgan fingerprint density at radius 2 is 2.05 bits per heavy atom. The minimum absolute atomic E-state index is 0.130. The van der Waals surface area contributed by atoms with Crippen LogP contribution in [0.1, 0.15) is 30.4 Å². The predicted octanol–water partition coefficient (Wildman–Crippen LogP) is 4.22. The molecule has 1 aliphatic rings. The Hall–Kier alpha value is -2.00. The Bertz CT molecular complexity index is 672. The zero-order chi connectivity index (χ0) is 15.5. The fraction of sp³-hybridized carbons (Fsp3) is 0.278. The van der Waals surface area contributed by atoms with E-state index in [4.69, 9.17) is 16.3 Å². The molecule has 0 saturated heterocycles. The molecule has 3 rings (SSSR count). The van der Waals surface area contributed by atoms with E-state index in [1.165, 1.54) is 5.56 Å². The summed E-state index contributed by atoms with van der Waals surface area (Å²) in [6.45, 7) is 2.21. The summed E-state index contributed by atoms with van der Waals surface area (Å²) < 4.78 is 5.18. The summed E-state index contributed by atoms with van der Waals surface area (Å²) in [4.78, 5) is 12.1. The predicted molar refractivity (Wildman–Crippen MR) is 88.4 cm³/mol. The van der Waals surface area contributed by atoms with Crippen LogP contribution in [0.2, 0.25) is 5.02 Å². The van der Waals surface area contributed by atoms with Gasteiger partial charge >= 0.3 is 5.97 Å². The number of hydrogen-bond acceptors (Lipinski definition) is 3. The second-order valence-corrected chi connectivity index (χ2v) is 5.82. The Balaban J connectivity index is 2.00. The number of fused-ring (bicyclic) bond motifs is 1. The highest BCUT2D eigenvalue weighted by Crippen LogP contribution is 2.40. The number of nitrogens with one attached hydrogen (secondary N) is 1. The average molecular weight is 316 g/mol. The normalized spacial score (nSPS) is 19.9. The Labute approximate surface area is 135 Å². The van der Waals surface area contributed by atoms with Gasteiger partial charge < -0.3 is 10.1 Å². The van der Waals surface area contributed by atoms with E-state index < -0.39 is 0 Å². The highest BCUT2D eigenvalue weighted by atomic mass is 35.5. The van der Waals surface area contributed by atoms with Crippen LogP contribution in [0.15, 0.2) is 48.5 Å².